The molecule has 7 nitrogen and oxygen atoms in total. The summed E-state index contributed by atoms with van der Waals surface area (Å²) >= 11 is 9.80. The number of carbonyl (C=O) groups excluding carboxylic acids is 2. The minimum Gasteiger partial charge on any atom is -0.378 e. The molecule has 0 radical (unpaired) electrons. The third-order valence-electron chi connectivity index (χ3n) is 6.44. The number of rotatable bonds is 7. The molecule has 182 valence electrons. The van der Waals surface area contributed by atoms with Gasteiger partial charge in [0.15, 0.2) is 0 Å². The standard InChI is InChI=1S/C25H30BrClN4O3/c1-17(2)31(9-8-28-24(33)30-10-12-34-13-11-30)25(16-18-4-3-5-20(27)14-18)21-7-6-19(26)15-22(21)29-23(25)32/h3-7,14-15,17H,8-13,16H2,1-2H3,(H,28,33)(H,29,32). The van der Waals surface area contributed by atoms with Gasteiger partial charge in [0.25, 0.3) is 0 Å². The topological polar surface area (TPSA) is 73.9 Å². The summed E-state index contributed by atoms with van der Waals surface area (Å²) in [6.07, 6.45) is 0.462. The molecule has 0 saturated carbocycles. The smallest absolute Gasteiger partial charge is 0.317 e. The molecule has 2 aliphatic rings. The Morgan fingerprint density at radius 1 is 1.26 bits per heavy atom. The third-order valence-corrected chi connectivity index (χ3v) is 7.17. The summed E-state index contributed by atoms with van der Waals surface area (Å²) in [6, 6.07) is 13.5. The first-order valence-corrected chi connectivity index (χ1v) is 12.7. The van der Waals surface area contributed by atoms with Gasteiger partial charge in [-0.3, -0.25) is 9.69 Å². The van der Waals surface area contributed by atoms with Crippen molar-refractivity contribution in [2.24, 2.45) is 0 Å². The summed E-state index contributed by atoms with van der Waals surface area (Å²) in [4.78, 5) is 30.3. The average Bonchev–Trinajstić information content (AvgIpc) is 3.07. The van der Waals surface area contributed by atoms with E-state index in [0.29, 0.717) is 50.8 Å². The molecule has 34 heavy (non-hydrogen) atoms. The van der Waals surface area contributed by atoms with E-state index in [0.717, 1.165) is 21.3 Å². The van der Waals surface area contributed by atoms with Gasteiger partial charge in [-0.25, -0.2) is 4.79 Å². The number of urea groups is 1. The Morgan fingerprint density at radius 2 is 2.03 bits per heavy atom. The Morgan fingerprint density at radius 3 is 2.74 bits per heavy atom. The Labute approximate surface area is 213 Å². The van der Waals surface area contributed by atoms with Crippen LogP contribution in [0, 0.1) is 0 Å². The molecule has 2 aliphatic heterocycles. The highest BCUT2D eigenvalue weighted by Gasteiger charge is 2.51. The number of fused-ring (bicyclic) bond motifs is 1. The maximum atomic E-state index is 13.7. The van der Waals surface area contributed by atoms with E-state index in [2.05, 4.69) is 45.3 Å². The highest BCUT2D eigenvalue weighted by molar-refractivity contribution is 9.10. The number of ether oxygens (including phenoxy) is 1. The number of anilines is 1. The lowest BCUT2D eigenvalue weighted by atomic mass is 9.82. The van der Waals surface area contributed by atoms with Gasteiger partial charge in [-0.1, -0.05) is 45.7 Å². The molecule has 2 heterocycles. The van der Waals surface area contributed by atoms with Gasteiger partial charge in [0.05, 0.1) is 13.2 Å². The predicted octanol–water partition coefficient (Wildman–Crippen LogP) is 4.24. The number of nitrogens with zero attached hydrogens (tertiary/aromatic N) is 2. The molecule has 4 rings (SSSR count). The SMILES string of the molecule is CC(C)N(CCNC(=O)N1CCOCC1)C1(Cc2cccc(Cl)c2)C(=O)Nc2cc(Br)ccc21. The van der Waals surface area contributed by atoms with E-state index < -0.39 is 5.54 Å². The summed E-state index contributed by atoms with van der Waals surface area (Å²) < 4.78 is 6.24. The predicted molar refractivity (Wildman–Crippen MR) is 137 cm³/mol. The fourth-order valence-corrected chi connectivity index (χ4v) is 5.46. The average molecular weight is 550 g/mol. The maximum Gasteiger partial charge on any atom is 0.317 e. The molecule has 2 aromatic rings. The van der Waals surface area contributed by atoms with E-state index in [-0.39, 0.29) is 18.0 Å². The largest absolute Gasteiger partial charge is 0.378 e. The molecule has 2 aromatic carbocycles. The highest BCUT2D eigenvalue weighted by Crippen LogP contribution is 2.45. The quantitative estimate of drug-likeness (QED) is 0.542. The molecular formula is C25H30BrClN4O3. The number of amides is 3. The molecule has 3 amide bonds. The van der Waals surface area contributed by atoms with Crippen molar-refractivity contribution in [2.45, 2.75) is 31.8 Å². The van der Waals surface area contributed by atoms with Gasteiger partial charge in [-0.05, 0) is 43.7 Å². The van der Waals surface area contributed by atoms with Crippen molar-refractivity contribution in [1.82, 2.24) is 15.1 Å². The molecule has 0 spiro atoms. The Balaban J connectivity index is 1.64. The summed E-state index contributed by atoms with van der Waals surface area (Å²) in [6.45, 7) is 7.37. The number of hydrogen-bond acceptors (Lipinski definition) is 4. The van der Waals surface area contributed by atoms with Crippen molar-refractivity contribution in [3.05, 3.63) is 63.1 Å². The van der Waals surface area contributed by atoms with Gasteiger partial charge in [0.1, 0.15) is 5.54 Å². The van der Waals surface area contributed by atoms with Crippen LogP contribution in [-0.2, 0) is 21.5 Å². The zero-order valence-corrected chi connectivity index (χ0v) is 21.8. The summed E-state index contributed by atoms with van der Waals surface area (Å²) in [5.74, 6) is -0.0752. The van der Waals surface area contributed by atoms with Gasteiger partial charge in [-0.15, -0.1) is 0 Å². The minimum atomic E-state index is -0.932. The van der Waals surface area contributed by atoms with E-state index >= 15 is 0 Å². The summed E-state index contributed by atoms with van der Waals surface area (Å²) in [5.41, 5.74) is 1.76. The molecular weight excluding hydrogens is 520 g/mol. The van der Waals surface area contributed by atoms with Crippen LogP contribution in [0.4, 0.5) is 10.5 Å². The van der Waals surface area contributed by atoms with Crippen molar-refractivity contribution >= 4 is 45.2 Å². The van der Waals surface area contributed by atoms with Crippen LogP contribution in [0.1, 0.15) is 25.0 Å². The van der Waals surface area contributed by atoms with Crippen LogP contribution in [0.15, 0.2) is 46.9 Å². The zero-order valence-electron chi connectivity index (χ0n) is 19.4. The summed E-state index contributed by atoms with van der Waals surface area (Å²) in [7, 11) is 0. The first-order chi connectivity index (χ1) is 16.3. The first kappa shape index (κ1) is 25.0. The van der Waals surface area contributed by atoms with Crippen LogP contribution in [-0.4, -0.2) is 67.2 Å². The van der Waals surface area contributed by atoms with E-state index in [4.69, 9.17) is 16.3 Å². The third kappa shape index (κ3) is 5.10. The van der Waals surface area contributed by atoms with Crippen molar-refractivity contribution in [3.63, 3.8) is 0 Å². The number of nitrogens with one attached hydrogen (secondary N) is 2. The lowest BCUT2D eigenvalue weighted by molar-refractivity contribution is -0.129. The molecule has 1 saturated heterocycles. The molecule has 2 N–H and O–H groups in total. The second kappa shape index (κ2) is 10.6. The van der Waals surface area contributed by atoms with Crippen LogP contribution in [0.2, 0.25) is 5.02 Å². The van der Waals surface area contributed by atoms with Crippen LogP contribution in [0.3, 0.4) is 0 Å². The number of hydrogen-bond donors (Lipinski definition) is 2. The van der Waals surface area contributed by atoms with E-state index in [1.54, 1.807) is 4.90 Å². The molecule has 1 unspecified atom stereocenters. The molecule has 0 aliphatic carbocycles. The Hall–Kier alpha value is -2.13. The number of halogens is 2. The first-order valence-electron chi connectivity index (χ1n) is 11.5. The van der Waals surface area contributed by atoms with Crippen LogP contribution < -0.4 is 10.6 Å². The van der Waals surface area contributed by atoms with Crippen molar-refractivity contribution in [3.8, 4) is 0 Å². The van der Waals surface area contributed by atoms with Gasteiger partial charge < -0.3 is 20.3 Å². The molecule has 1 fully saturated rings. The Kier molecular flexibility index (Phi) is 7.82. The monoisotopic (exact) mass is 548 g/mol. The van der Waals surface area contributed by atoms with Gasteiger partial charge >= 0.3 is 6.03 Å². The fourth-order valence-electron chi connectivity index (χ4n) is 4.88. The van der Waals surface area contributed by atoms with E-state index in [1.807, 2.05) is 42.5 Å². The van der Waals surface area contributed by atoms with Gasteiger partial charge in [0, 0.05) is 59.4 Å². The zero-order chi connectivity index (χ0) is 24.3. The number of carbonyl (C=O) groups is 2. The van der Waals surface area contributed by atoms with Gasteiger partial charge in [-0.2, -0.15) is 0 Å². The highest BCUT2D eigenvalue weighted by atomic mass is 79.9. The lowest BCUT2D eigenvalue weighted by Crippen LogP contribution is -2.57. The molecule has 1 atom stereocenters. The van der Waals surface area contributed by atoms with Crippen molar-refractivity contribution in [1.29, 1.82) is 0 Å². The minimum absolute atomic E-state index is 0.0415. The van der Waals surface area contributed by atoms with E-state index in [9.17, 15) is 9.59 Å². The molecule has 0 bridgehead atoms. The molecule has 9 heteroatoms. The number of morpholine rings is 1. The normalized spacial score (nSPS) is 19.9. The van der Waals surface area contributed by atoms with Crippen molar-refractivity contribution in [2.75, 3.05) is 44.7 Å². The van der Waals surface area contributed by atoms with Crippen LogP contribution in [0.5, 0.6) is 0 Å². The second-order valence-corrected chi connectivity index (χ2v) is 10.3. The van der Waals surface area contributed by atoms with Gasteiger partial charge in [0.2, 0.25) is 5.91 Å². The lowest BCUT2D eigenvalue weighted by Gasteiger charge is -2.43. The van der Waals surface area contributed by atoms with Crippen LogP contribution in [0.25, 0.3) is 0 Å². The second-order valence-electron chi connectivity index (χ2n) is 8.93. The molecule has 0 aromatic heterocycles. The fraction of sp³-hybridized carbons (Fsp3) is 0.440. The maximum absolute atomic E-state index is 13.7. The van der Waals surface area contributed by atoms with E-state index in [1.165, 1.54) is 0 Å². The van der Waals surface area contributed by atoms with Crippen LogP contribution >= 0.6 is 27.5 Å². The Bertz CT molecular complexity index is 1060. The van der Waals surface area contributed by atoms with Crippen molar-refractivity contribution < 1.29 is 14.3 Å². The number of benzene rings is 2. The summed E-state index contributed by atoms with van der Waals surface area (Å²) in [5, 5.41) is 6.76.